The van der Waals surface area contributed by atoms with E-state index in [1.165, 1.54) is 11.1 Å². The molecule has 0 saturated carbocycles. The van der Waals surface area contributed by atoms with Gasteiger partial charge in [0.05, 0.1) is 25.4 Å². The molecule has 1 N–H and O–H groups in total. The van der Waals surface area contributed by atoms with Crippen molar-refractivity contribution in [1.29, 1.82) is 0 Å². The maximum Gasteiger partial charge on any atom is 0.127 e. The van der Waals surface area contributed by atoms with Crippen molar-refractivity contribution in [2.24, 2.45) is 0 Å². The lowest BCUT2D eigenvalue weighted by Gasteiger charge is -2.35. The van der Waals surface area contributed by atoms with E-state index in [0.717, 1.165) is 38.5 Å². The Bertz CT molecular complexity index is 450. The van der Waals surface area contributed by atoms with Crippen molar-refractivity contribution in [2.45, 2.75) is 18.6 Å². The van der Waals surface area contributed by atoms with Crippen LogP contribution in [0, 0.1) is 0 Å². The third-order valence-corrected chi connectivity index (χ3v) is 4.06. The molecule has 0 aliphatic carbocycles. The van der Waals surface area contributed by atoms with E-state index in [4.69, 9.17) is 9.47 Å². The second kappa shape index (κ2) is 5.49. The number of benzene rings is 1. The fourth-order valence-electron chi connectivity index (χ4n) is 3.04. The normalized spacial score (nSPS) is 24.8. The van der Waals surface area contributed by atoms with Crippen LogP contribution in [0.5, 0.6) is 5.75 Å². The first-order valence-electron chi connectivity index (χ1n) is 7.01. The average Bonchev–Trinajstić information content (AvgIpc) is 2.89. The highest BCUT2D eigenvalue weighted by atomic mass is 16.5. The van der Waals surface area contributed by atoms with Crippen molar-refractivity contribution in [3.05, 3.63) is 29.3 Å². The Kier molecular flexibility index (Phi) is 3.73. The molecule has 2 aliphatic rings. The summed E-state index contributed by atoms with van der Waals surface area (Å²) in [6.45, 7) is 3.56. The van der Waals surface area contributed by atoms with E-state index in [0.29, 0.717) is 0 Å². The number of morpholine rings is 1. The number of hydrogen-bond acceptors (Lipinski definition) is 4. The van der Waals surface area contributed by atoms with Crippen molar-refractivity contribution < 1.29 is 9.47 Å². The predicted octanol–water partition coefficient (Wildman–Crippen LogP) is 1.21. The van der Waals surface area contributed by atoms with Crippen LogP contribution in [0.25, 0.3) is 0 Å². The highest BCUT2D eigenvalue weighted by Gasteiger charge is 2.30. The number of hydrogen-bond donors (Lipinski definition) is 1. The van der Waals surface area contributed by atoms with Crippen molar-refractivity contribution in [1.82, 2.24) is 10.2 Å². The minimum absolute atomic E-state index is 0.180. The van der Waals surface area contributed by atoms with E-state index < -0.39 is 0 Å². The third-order valence-electron chi connectivity index (χ3n) is 4.06. The number of rotatable bonds is 3. The SMILES string of the molecule is CNC(c1cccc2c1OCC2)C1CN(C)CCO1. The van der Waals surface area contributed by atoms with Crippen LogP contribution >= 0.6 is 0 Å². The van der Waals surface area contributed by atoms with Gasteiger partial charge in [-0.3, -0.25) is 0 Å². The maximum atomic E-state index is 5.96. The summed E-state index contributed by atoms with van der Waals surface area (Å²) < 4.78 is 11.8. The van der Waals surface area contributed by atoms with Gasteiger partial charge in [-0.1, -0.05) is 18.2 Å². The summed E-state index contributed by atoms with van der Waals surface area (Å²) in [7, 11) is 4.14. The molecule has 4 heteroatoms. The van der Waals surface area contributed by atoms with Gasteiger partial charge in [-0.15, -0.1) is 0 Å². The van der Waals surface area contributed by atoms with E-state index in [1.807, 2.05) is 7.05 Å². The van der Waals surface area contributed by atoms with Crippen molar-refractivity contribution in [2.75, 3.05) is 40.4 Å². The van der Waals surface area contributed by atoms with Gasteiger partial charge in [0.25, 0.3) is 0 Å². The monoisotopic (exact) mass is 262 g/mol. The largest absolute Gasteiger partial charge is 0.493 e. The van der Waals surface area contributed by atoms with Gasteiger partial charge in [0.1, 0.15) is 5.75 Å². The summed E-state index contributed by atoms with van der Waals surface area (Å²) in [6, 6.07) is 6.63. The first kappa shape index (κ1) is 12.9. The van der Waals surface area contributed by atoms with Crippen molar-refractivity contribution >= 4 is 0 Å². The van der Waals surface area contributed by atoms with Gasteiger partial charge in [-0.2, -0.15) is 0 Å². The Labute approximate surface area is 114 Å². The van der Waals surface area contributed by atoms with Crippen molar-refractivity contribution in [3.8, 4) is 5.75 Å². The summed E-state index contributed by atoms with van der Waals surface area (Å²) in [5, 5.41) is 3.41. The minimum atomic E-state index is 0.180. The standard InChI is InChI=1S/C15H22N2O2/c1-16-14(13-10-17(2)7-9-18-13)12-5-3-4-11-6-8-19-15(11)12/h3-5,13-14,16H,6-10H2,1-2H3. The average molecular weight is 262 g/mol. The fraction of sp³-hybridized carbons (Fsp3) is 0.600. The number of fused-ring (bicyclic) bond motifs is 1. The number of ether oxygens (including phenoxy) is 2. The summed E-state index contributed by atoms with van der Waals surface area (Å²) in [6.07, 6.45) is 1.20. The lowest BCUT2D eigenvalue weighted by molar-refractivity contribution is -0.0383. The highest BCUT2D eigenvalue weighted by molar-refractivity contribution is 5.46. The molecule has 2 atom stereocenters. The molecule has 2 aliphatic heterocycles. The molecule has 0 spiro atoms. The van der Waals surface area contributed by atoms with Gasteiger partial charge in [0.15, 0.2) is 0 Å². The molecule has 19 heavy (non-hydrogen) atoms. The topological polar surface area (TPSA) is 33.7 Å². The molecule has 1 saturated heterocycles. The van der Waals surface area contributed by atoms with Gasteiger partial charge in [-0.05, 0) is 19.7 Å². The molecule has 1 aromatic carbocycles. The van der Waals surface area contributed by atoms with Crippen LogP contribution in [0.15, 0.2) is 18.2 Å². The molecule has 4 nitrogen and oxygen atoms in total. The lowest BCUT2D eigenvalue weighted by Crippen LogP contribution is -2.46. The zero-order valence-electron chi connectivity index (χ0n) is 11.7. The van der Waals surface area contributed by atoms with Crippen LogP contribution < -0.4 is 10.1 Å². The fourth-order valence-corrected chi connectivity index (χ4v) is 3.04. The molecule has 2 heterocycles. The second-order valence-electron chi connectivity index (χ2n) is 5.37. The van der Waals surface area contributed by atoms with Crippen LogP contribution in [-0.4, -0.2) is 51.4 Å². The molecule has 1 aromatic rings. The molecule has 0 bridgehead atoms. The van der Waals surface area contributed by atoms with Gasteiger partial charge in [0, 0.05) is 25.1 Å². The summed E-state index contributed by atoms with van der Waals surface area (Å²) >= 11 is 0. The van der Waals surface area contributed by atoms with Crippen LogP contribution in [0.4, 0.5) is 0 Å². The van der Waals surface area contributed by atoms with E-state index in [2.05, 4.69) is 35.5 Å². The summed E-state index contributed by atoms with van der Waals surface area (Å²) in [5.41, 5.74) is 2.56. The Morgan fingerprint density at radius 1 is 1.37 bits per heavy atom. The molecule has 0 radical (unpaired) electrons. The zero-order chi connectivity index (χ0) is 13.2. The Hall–Kier alpha value is -1.10. The number of nitrogens with zero attached hydrogens (tertiary/aromatic N) is 1. The molecule has 3 rings (SSSR count). The van der Waals surface area contributed by atoms with Crippen LogP contribution in [0.2, 0.25) is 0 Å². The second-order valence-corrected chi connectivity index (χ2v) is 5.37. The van der Waals surface area contributed by atoms with Crippen LogP contribution in [0.3, 0.4) is 0 Å². The smallest absolute Gasteiger partial charge is 0.127 e. The Morgan fingerprint density at radius 3 is 3.05 bits per heavy atom. The first-order chi connectivity index (χ1) is 9.29. The third kappa shape index (κ3) is 2.48. The molecule has 1 fully saturated rings. The number of nitrogens with one attached hydrogen (secondary N) is 1. The zero-order valence-corrected chi connectivity index (χ0v) is 11.7. The predicted molar refractivity (Wildman–Crippen MR) is 74.7 cm³/mol. The highest BCUT2D eigenvalue weighted by Crippen LogP contribution is 2.35. The quantitative estimate of drug-likeness (QED) is 0.888. The molecule has 2 unspecified atom stereocenters. The first-order valence-corrected chi connectivity index (χ1v) is 7.01. The maximum absolute atomic E-state index is 5.96. The molecule has 0 amide bonds. The van der Waals surface area contributed by atoms with Crippen LogP contribution in [0.1, 0.15) is 17.2 Å². The number of likely N-dealkylation sites (N-methyl/N-ethyl adjacent to an activating group) is 2. The van der Waals surface area contributed by atoms with E-state index >= 15 is 0 Å². The molecule has 0 aromatic heterocycles. The van der Waals surface area contributed by atoms with Crippen LogP contribution in [-0.2, 0) is 11.2 Å². The van der Waals surface area contributed by atoms with E-state index in [9.17, 15) is 0 Å². The Balaban J connectivity index is 1.88. The van der Waals surface area contributed by atoms with Gasteiger partial charge >= 0.3 is 0 Å². The molecule has 104 valence electrons. The summed E-state index contributed by atoms with van der Waals surface area (Å²) in [4.78, 5) is 2.32. The molecular formula is C15H22N2O2. The lowest BCUT2D eigenvalue weighted by atomic mass is 9.97. The van der Waals surface area contributed by atoms with E-state index in [-0.39, 0.29) is 12.1 Å². The van der Waals surface area contributed by atoms with Crippen molar-refractivity contribution in [3.63, 3.8) is 0 Å². The number of para-hydroxylation sites is 1. The van der Waals surface area contributed by atoms with E-state index in [1.54, 1.807) is 0 Å². The summed E-state index contributed by atoms with van der Waals surface area (Å²) in [5.74, 6) is 1.07. The molecular weight excluding hydrogens is 240 g/mol. The Morgan fingerprint density at radius 2 is 2.26 bits per heavy atom. The van der Waals surface area contributed by atoms with Gasteiger partial charge in [0.2, 0.25) is 0 Å². The van der Waals surface area contributed by atoms with Gasteiger partial charge < -0.3 is 19.7 Å². The minimum Gasteiger partial charge on any atom is -0.493 e. The van der Waals surface area contributed by atoms with Gasteiger partial charge in [-0.25, -0.2) is 0 Å².